The molecule has 2 heterocycles. The normalized spacial score (nSPS) is 18.3. The van der Waals surface area contributed by atoms with Gasteiger partial charge in [-0.05, 0) is 46.9 Å². The van der Waals surface area contributed by atoms with Gasteiger partial charge < -0.3 is 20.1 Å². The SMILES string of the molecule is C=C(Nc1scc(C2(C)CCC2)c1C(=O)O)c1ccc(N2CC(OC)C2)cc1. The van der Waals surface area contributed by atoms with Gasteiger partial charge in [-0.25, -0.2) is 4.79 Å². The molecule has 2 aliphatic rings. The highest BCUT2D eigenvalue weighted by Crippen LogP contribution is 2.48. The topological polar surface area (TPSA) is 61.8 Å². The first-order valence-corrected chi connectivity index (χ1v) is 10.5. The largest absolute Gasteiger partial charge is 0.478 e. The molecule has 0 radical (unpaired) electrons. The number of carbonyl (C=O) groups is 1. The van der Waals surface area contributed by atoms with E-state index in [1.165, 1.54) is 11.3 Å². The summed E-state index contributed by atoms with van der Waals surface area (Å²) in [5, 5.41) is 15.7. The van der Waals surface area contributed by atoms with Gasteiger partial charge in [-0.2, -0.15) is 0 Å². The molecule has 1 aromatic heterocycles. The zero-order valence-corrected chi connectivity index (χ0v) is 17.1. The molecule has 4 rings (SSSR count). The first-order chi connectivity index (χ1) is 13.4. The van der Waals surface area contributed by atoms with Gasteiger partial charge in [0.2, 0.25) is 0 Å². The molecule has 148 valence electrons. The number of nitrogens with one attached hydrogen (secondary N) is 1. The van der Waals surface area contributed by atoms with Crippen molar-refractivity contribution in [2.45, 2.75) is 37.7 Å². The Bertz CT molecular complexity index is 893. The van der Waals surface area contributed by atoms with Gasteiger partial charge in [-0.1, -0.05) is 32.1 Å². The minimum absolute atomic E-state index is 0.00951. The van der Waals surface area contributed by atoms with E-state index in [1.807, 2.05) is 17.5 Å². The molecule has 5 nitrogen and oxygen atoms in total. The Labute approximate surface area is 169 Å². The number of hydrogen-bond donors (Lipinski definition) is 2. The lowest BCUT2D eigenvalue weighted by Gasteiger charge is -2.40. The molecule has 0 bridgehead atoms. The number of aromatic carboxylic acids is 1. The number of thiophene rings is 1. The summed E-state index contributed by atoms with van der Waals surface area (Å²) in [6.07, 6.45) is 3.57. The summed E-state index contributed by atoms with van der Waals surface area (Å²) in [7, 11) is 1.74. The second-order valence-electron chi connectivity index (χ2n) is 7.99. The van der Waals surface area contributed by atoms with Gasteiger partial charge in [-0.15, -0.1) is 11.3 Å². The molecular formula is C22H26N2O3S. The van der Waals surface area contributed by atoms with Crippen LogP contribution >= 0.6 is 11.3 Å². The maximum atomic E-state index is 11.9. The van der Waals surface area contributed by atoms with Crippen LogP contribution in [-0.4, -0.2) is 37.4 Å². The van der Waals surface area contributed by atoms with Gasteiger partial charge in [0.05, 0.1) is 11.7 Å². The van der Waals surface area contributed by atoms with Crippen molar-refractivity contribution in [1.29, 1.82) is 0 Å². The van der Waals surface area contributed by atoms with Crippen LogP contribution in [0.25, 0.3) is 5.70 Å². The number of rotatable bonds is 7. The number of ether oxygens (including phenoxy) is 1. The summed E-state index contributed by atoms with van der Waals surface area (Å²) in [5.74, 6) is -0.875. The molecule has 1 saturated heterocycles. The van der Waals surface area contributed by atoms with E-state index in [2.05, 4.69) is 35.9 Å². The van der Waals surface area contributed by atoms with E-state index in [0.717, 1.165) is 49.2 Å². The highest BCUT2D eigenvalue weighted by atomic mass is 32.1. The zero-order chi connectivity index (χ0) is 19.9. The van der Waals surface area contributed by atoms with Crippen LogP contribution in [-0.2, 0) is 10.2 Å². The standard InChI is InChI=1S/C22H26N2O3S/c1-14(15-5-7-16(8-6-15)24-11-17(12-24)27-3)23-20-19(21(25)26)18(13-28-20)22(2)9-4-10-22/h5-8,13,17,23H,1,4,9-12H2,2-3H3,(H,25,26). The maximum Gasteiger partial charge on any atom is 0.339 e. The highest BCUT2D eigenvalue weighted by Gasteiger charge is 2.38. The van der Waals surface area contributed by atoms with Crippen molar-refractivity contribution >= 4 is 33.7 Å². The molecule has 1 aromatic carbocycles. The van der Waals surface area contributed by atoms with Crippen LogP contribution in [0.2, 0.25) is 0 Å². The van der Waals surface area contributed by atoms with Crippen molar-refractivity contribution in [3.63, 3.8) is 0 Å². The van der Waals surface area contributed by atoms with Crippen LogP contribution in [0.4, 0.5) is 10.7 Å². The average molecular weight is 399 g/mol. The molecular weight excluding hydrogens is 372 g/mol. The summed E-state index contributed by atoms with van der Waals surface area (Å²) < 4.78 is 5.32. The number of nitrogens with zero attached hydrogens (tertiary/aromatic N) is 1. The summed E-state index contributed by atoms with van der Waals surface area (Å²) in [4.78, 5) is 14.2. The summed E-state index contributed by atoms with van der Waals surface area (Å²) in [6, 6.07) is 8.18. The molecule has 6 heteroatoms. The van der Waals surface area contributed by atoms with Crippen molar-refractivity contribution in [2.24, 2.45) is 0 Å². The Morgan fingerprint density at radius 3 is 2.54 bits per heavy atom. The molecule has 1 saturated carbocycles. The predicted octanol–water partition coefficient (Wildman–Crippen LogP) is 4.81. The zero-order valence-electron chi connectivity index (χ0n) is 16.3. The lowest BCUT2D eigenvalue weighted by atomic mass is 9.66. The maximum absolute atomic E-state index is 11.9. The van der Waals surface area contributed by atoms with Crippen LogP contribution in [0.15, 0.2) is 36.2 Å². The van der Waals surface area contributed by atoms with Gasteiger partial charge in [-0.3, -0.25) is 0 Å². The van der Waals surface area contributed by atoms with E-state index in [1.54, 1.807) is 7.11 Å². The number of carboxylic acid groups (broad SMARTS) is 1. The number of anilines is 2. The molecule has 1 aliphatic carbocycles. The minimum atomic E-state index is -0.875. The lowest BCUT2D eigenvalue weighted by molar-refractivity contribution is 0.0693. The molecule has 0 amide bonds. The van der Waals surface area contributed by atoms with Crippen molar-refractivity contribution < 1.29 is 14.6 Å². The smallest absolute Gasteiger partial charge is 0.339 e. The van der Waals surface area contributed by atoms with Gasteiger partial charge in [0.25, 0.3) is 0 Å². The fourth-order valence-electron chi connectivity index (χ4n) is 3.96. The van der Waals surface area contributed by atoms with Crippen molar-refractivity contribution in [3.05, 3.63) is 52.9 Å². The van der Waals surface area contributed by atoms with Gasteiger partial charge in [0.15, 0.2) is 0 Å². The number of benzene rings is 1. The van der Waals surface area contributed by atoms with Crippen LogP contribution in [0.1, 0.15) is 47.7 Å². The first kappa shape index (κ1) is 19.0. The molecule has 1 aliphatic heterocycles. The first-order valence-electron chi connectivity index (χ1n) is 9.60. The van der Waals surface area contributed by atoms with E-state index in [4.69, 9.17) is 4.74 Å². The summed E-state index contributed by atoms with van der Waals surface area (Å²) in [5.41, 5.74) is 4.16. The average Bonchev–Trinajstić information content (AvgIpc) is 3.03. The lowest BCUT2D eigenvalue weighted by Crippen LogP contribution is -2.51. The quantitative estimate of drug-likeness (QED) is 0.701. The predicted molar refractivity (Wildman–Crippen MR) is 115 cm³/mol. The van der Waals surface area contributed by atoms with Gasteiger partial charge in [0, 0.05) is 31.6 Å². The van der Waals surface area contributed by atoms with E-state index in [0.29, 0.717) is 22.4 Å². The molecule has 2 fully saturated rings. The fourth-order valence-corrected chi connectivity index (χ4v) is 5.10. The van der Waals surface area contributed by atoms with Gasteiger partial charge in [0.1, 0.15) is 5.00 Å². The van der Waals surface area contributed by atoms with Crippen LogP contribution in [0.3, 0.4) is 0 Å². The number of methoxy groups -OCH3 is 1. The Kier molecular flexibility index (Phi) is 4.93. The fraction of sp³-hybridized carbons (Fsp3) is 0.409. The third-order valence-corrected chi connectivity index (χ3v) is 7.03. The van der Waals surface area contributed by atoms with Gasteiger partial charge >= 0.3 is 5.97 Å². The van der Waals surface area contributed by atoms with Crippen LogP contribution in [0.5, 0.6) is 0 Å². The Morgan fingerprint density at radius 1 is 1.32 bits per heavy atom. The Balaban J connectivity index is 1.49. The van der Waals surface area contributed by atoms with E-state index >= 15 is 0 Å². The number of carboxylic acids is 1. The molecule has 28 heavy (non-hydrogen) atoms. The second kappa shape index (κ2) is 7.26. The molecule has 2 N–H and O–H groups in total. The third kappa shape index (κ3) is 3.31. The monoisotopic (exact) mass is 398 g/mol. The van der Waals surface area contributed by atoms with Crippen LogP contribution < -0.4 is 10.2 Å². The summed E-state index contributed by atoms with van der Waals surface area (Å²) >= 11 is 1.45. The Hall–Kier alpha value is -2.31. The van der Waals surface area contributed by atoms with Crippen molar-refractivity contribution in [3.8, 4) is 0 Å². The summed E-state index contributed by atoms with van der Waals surface area (Å²) in [6.45, 7) is 8.11. The number of hydrogen-bond acceptors (Lipinski definition) is 5. The molecule has 0 unspecified atom stereocenters. The van der Waals surface area contributed by atoms with Crippen molar-refractivity contribution in [2.75, 3.05) is 30.4 Å². The van der Waals surface area contributed by atoms with Crippen LogP contribution in [0, 0.1) is 0 Å². The third-order valence-electron chi connectivity index (χ3n) is 6.14. The van der Waals surface area contributed by atoms with Crippen molar-refractivity contribution in [1.82, 2.24) is 0 Å². The van der Waals surface area contributed by atoms with E-state index in [-0.39, 0.29) is 5.41 Å². The Morgan fingerprint density at radius 2 is 2.00 bits per heavy atom. The van der Waals surface area contributed by atoms with E-state index < -0.39 is 5.97 Å². The highest BCUT2D eigenvalue weighted by molar-refractivity contribution is 7.14. The molecule has 0 spiro atoms. The molecule has 2 aromatic rings. The second-order valence-corrected chi connectivity index (χ2v) is 8.87. The van der Waals surface area contributed by atoms with E-state index in [9.17, 15) is 9.90 Å². The molecule has 0 atom stereocenters. The minimum Gasteiger partial charge on any atom is -0.478 e.